The van der Waals surface area contributed by atoms with Gasteiger partial charge in [-0.2, -0.15) is 11.2 Å². The summed E-state index contributed by atoms with van der Waals surface area (Å²) in [6, 6.07) is 0. The van der Waals surface area contributed by atoms with Crippen LogP contribution in [-0.4, -0.2) is 24.7 Å². The maximum atomic E-state index is 4.85. The smallest absolute Gasteiger partial charge is 0.108 e. The monoisotopic (exact) mass is 285 g/mol. The second kappa shape index (κ2) is 8.42. The second-order valence-corrected chi connectivity index (χ2v) is 16.0. The van der Waals surface area contributed by atoms with Gasteiger partial charge in [0, 0.05) is 17.5 Å². The third kappa shape index (κ3) is 7.62. The minimum atomic E-state index is -0.961. The molecule has 0 aromatic heterocycles. The largest absolute Gasteiger partial charge is 0.294 e. The van der Waals surface area contributed by atoms with Gasteiger partial charge >= 0.3 is 0 Å². The molecule has 106 valence electrons. The van der Waals surface area contributed by atoms with Crippen LogP contribution in [0.3, 0.4) is 0 Å². The predicted molar refractivity (Wildman–Crippen MR) is 89.6 cm³/mol. The van der Waals surface area contributed by atoms with E-state index < -0.39 is 7.22 Å². The Kier molecular flexibility index (Phi) is 7.62. The van der Waals surface area contributed by atoms with Crippen molar-refractivity contribution in [1.29, 1.82) is 0 Å². The first-order valence-electron chi connectivity index (χ1n) is 7.71. The van der Waals surface area contributed by atoms with Crippen molar-refractivity contribution < 1.29 is 0 Å². The first-order valence-corrected chi connectivity index (χ1v) is 12.8. The minimum Gasteiger partial charge on any atom is -0.294 e. The van der Waals surface area contributed by atoms with Crippen molar-refractivity contribution in [3.8, 4) is 0 Å². The van der Waals surface area contributed by atoms with E-state index in [1.54, 1.807) is 0 Å². The average Bonchev–Trinajstić information content (AvgIpc) is 2.27. The van der Waals surface area contributed by atoms with E-state index in [1.165, 1.54) is 57.1 Å². The summed E-state index contributed by atoms with van der Waals surface area (Å²) < 4.78 is 0. The van der Waals surface area contributed by atoms with E-state index in [-0.39, 0.29) is 0 Å². The minimum absolute atomic E-state index is 0.875. The molecule has 0 aromatic rings. The zero-order valence-corrected chi connectivity index (χ0v) is 14.6. The quantitative estimate of drug-likeness (QED) is 0.443. The summed E-state index contributed by atoms with van der Waals surface area (Å²) in [6.45, 7) is 10.8. The molecule has 1 aliphatic carbocycles. The van der Waals surface area contributed by atoms with Gasteiger partial charge in [-0.3, -0.25) is 4.99 Å². The Hall–Kier alpha value is 0.237. The van der Waals surface area contributed by atoms with Crippen molar-refractivity contribution in [3.63, 3.8) is 0 Å². The molecule has 1 aliphatic rings. The highest BCUT2D eigenvalue weighted by Crippen LogP contribution is 2.33. The van der Waals surface area contributed by atoms with E-state index in [1.807, 2.05) is 0 Å². The van der Waals surface area contributed by atoms with Crippen LogP contribution >= 0.6 is 11.2 Å². The van der Waals surface area contributed by atoms with E-state index >= 15 is 0 Å². The van der Waals surface area contributed by atoms with Crippen molar-refractivity contribution in [2.45, 2.75) is 83.2 Å². The summed E-state index contributed by atoms with van der Waals surface area (Å²) in [7, 11) is -0.961. The third-order valence-corrected chi connectivity index (χ3v) is 7.89. The molecule has 3 heteroatoms. The van der Waals surface area contributed by atoms with Gasteiger partial charge in [-0.05, 0) is 32.1 Å². The van der Waals surface area contributed by atoms with Gasteiger partial charge in [0.1, 0.15) is 7.22 Å². The first kappa shape index (κ1) is 16.3. The molecule has 0 saturated heterocycles. The Morgan fingerprint density at radius 2 is 2.00 bits per heavy atom. The number of hydrogen-bond donors (Lipinski definition) is 0. The highest BCUT2D eigenvalue weighted by atomic mass is 32.4. The molecule has 0 aliphatic heterocycles. The van der Waals surface area contributed by atoms with E-state index in [9.17, 15) is 0 Å². The summed E-state index contributed by atoms with van der Waals surface area (Å²) in [6.07, 6.45) is 10.7. The van der Waals surface area contributed by atoms with Gasteiger partial charge in [-0.25, -0.2) is 0 Å². The lowest BCUT2D eigenvalue weighted by molar-refractivity contribution is 0.657. The number of unbranched alkanes of at least 4 members (excludes halogenated alkanes) is 3. The van der Waals surface area contributed by atoms with Gasteiger partial charge in [0.25, 0.3) is 0 Å². The Balaban J connectivity index is 2.27. The number of aliphatic imine (C=N–C) groups is 1. The summed E-state index contributed by atoms with van der Waals surface area (Å²) in [5, 5.41) is 0.875. The maximum Gasteiger partial charge on any atom is 0.108 e. The van der Waals surface area contributed by atoms with Gasteiger partial charge < -0.3 is 0 Å². The third-order valence-electron chi connectivity index (χ3n) is 3.32. The molecule has 1 unspecified atom stereocenters. The van der Waals surface area contributed by atoms with E-state index in [0.29, 0.717) is 0 Å². The fraction of sp³-hybridized carbons (Fsp3) is 0.933. The van der Waals surface area contributed by atoms with Crippen LogP contribution in [0.4, 0.5) is 0 Å². The predicted octanol–water partition coefficient (Wildman–Crippen LogP) is 5.52. The van der Waals surface area contributed by atoms with Crippen LogP contribution in [0.15, 0.2) is 4.99 Å². The fourth-order valence-corrected chi connectivity index (χ4v) is 7.68. The molecule has 1 rings (SSSR count). The second-order valence-electron chi connectivity index (χ2n) is 6.46. The van der Waals surface area contributed by atoms with Crippen LogP contribution in [0.25, 0.3) is 0 Å². The number of rotatable bonds is 7. The van der Waals surface area contributed by atoms with Crippen molar-refractivity contribution in [1.82, 2.24) is 0 Å². The van der Waals surface area contributed by atoms with Crippen LogP contribution < -0.4 is 0 Å². The van der Waals surface area contributed by atoms with Gasteiger partial charge in [0.15, 0.2) is 0 Å². The van der Waals surface area contributed by atoms with Gasteiger partial charge in [-0.15, -0.1) is 0 Å². The Labute approximate surface area is 119 Å². The normalized spacial score (nSPS) is 23.6. The molecule has 0 bridgehead atoms. The van der Waals surface area contributed by atoms with E-state index in [0.717, 1.165) is 11.8 Å². The molecule has 0 heterocycles. The van der Waals surface area contributed by atoms with E-state index in [4.69, 9.17) is 4.99 Å². The lowest BCUT2D eigenvalue weighted by Crippen LogP contribution is -2.25. The highest BCUT2D eigenvalue weighted by Gasteiger charge is 2.24. The molecule has 0 radical (unpaired) electrons. The van der Waals surface area contributed by atoms with Gasteiger partial charge in [0.05, 0.1) is 0 Å². The van der Waals surface area contributed by atoms with Crippen LogP contribution in [-0.2, 0) is 0 Å². The van der Waals surface area contributed by atoms with Crippen molar-refractivity contribution >= 4 is 24.1 Å². The van der Waals surface area contributed by atoms with Gasteiger partial charge in [-0.1, -0.05) is 45.8 Å². The summed E-state index contributed by atoms with van der Waals surface area (Å²) in [5.74, 6) is 0. The molecular formula is C15H31NSSi. The zero-order valence-electron chi connectivity index (χ0n) is 12.8. The van der Waals surface area contributed by atoms with E-state index in [2.05, 4.69) is 37.8 Å². The summed E-state index contributed by atoms with van der Waals surface area (Å²) in [4.78, 5) is 4.85. The SMILES string of the molecule is CCCCCCN=C1CCCC(S[Si](C)(C)C)C1. The molecule has 0 spiro atoms. The lowest BCUT2D eigenvalue weighted by atomic mass is 9.98. The Morgan fingerprint density at radius 3 is 2.67 bits per heavy atom. The molecule has 1 atom stereocenters. The van der Waals surface area contributed by atoms with Crippen LogP contribution in [0.1, 0.15) is 58.3 Å². The van der Waals surface area contributed by atoms with Crippen molar-refractivity contribution in [2.75, 3.05) is 6.54 Å². The Bertz CT molecular complexity index is 258. The van der Waals surface area contributed by atoms with Gasteiger partial charge in [0.2, 0.25) is 0 Å². The van der Waals surface area contributed by atoms with Crippen LogP contribution in [0.2, 0.25) is 19.6 Å². The lowest BCUT2D eigenvalue weighted by Gasteiger charge is -2.28. The summed E-state index contributed by atoms with van der Waals surface area (Å²) in [5.41, 5.74) is 1.52. The fourth-order valence-electron chi connectivity index (χ4n) is 2.52. The van der Waals surface area contributed by atoms with Crippen LogP contribution in [0.5, 0.6) is 0 Å². The molecule has 0 N–H and O–H groups in total. The molecule has 18 heavy (non-hydrogen) atoms. The molecule has 0 aromatic carbocycles. The average molecular weight is 286 g/mol. The van der Waals surface area contributed by atoms with Crippen molar-refractivity contribution in [2.24, 2.45) is 4.99 Å². The topological polar surface area (TPSA) is 12.4 Å². The molecule has 1 nitrogen and oxygen atoms in total. The number of nitrogens with zero attached hydrogens (tertiary/aromatic N) is 1. The number of hydrogen-bond acceptors (Lipinski definition) is 2. The molecule has 0 amide bonds. The van der Waals surface area contributed by atoms with Crippen molar-refractivity contribution in [3.05, 3.63) is 0 Å². The Morgan fingerprint density at radius 1 is 1.22 bits per heavy atom. The standard InChI is InChI=1S/C15H31NSSi/c1-5-6-7-8-12-16-14-10-9-11-15(13-14)17-18(2,3)4/h15H,5-13H2,1-4H3. The first-order chi connectivity index (χ1) is 8.51. The molecular weight excluding hydrogens is 254 g/mol. The highest BCUT2D eigenvalue weighted by molar-refractivity contribution is 8.29. The molecule has 1 saturated carbocycles. The zero-order chi connectivity index (χ0) is 13.4. The molecule has 1 fully saturated rings. The summed E-state index contributed by atoms with van der Waals surface area (Å²) >= 11 is 2.29. The van der Waals surface area contributed by atoms with Crippen LogP contribution in [0, 0.1) is 0 Å². The maximum absolute atomic E-state index is 4.85.